The van der Waals surface area contributed by atoms with Gasteiger partial charge in [0.2, 0.25) is 0 Å². The van der Waals surface area contributed by atoms with Crippen LogP contribution < -0.4 is 5.73 Å². The lowest BCUT2D eigenvalue weighted by Gasteiger charge is -2.00. The van der Waals surface area contributed by atoms with Crippen LogP contribution in [-0.2, 0) is 6.42 Å². The van der Waals surface area contributed by atoms with Crippen LogP contribution in [0.3, 0.4) is 0 Å². The van der Waals surface area contributed by atoms with Crippen LogP contribution in [0.2, 0.25) is 0 Å². The molecule has 0 aliphatic carbocycles. The summed E-state index contributed by atoms with van der Waals surface area (Å²) in [4.78, 5) is 20.1. The van der Waals surface area contributed by atoms with E-state index in [1.54, 1.807) is 24.7 Å². The second kappa shape index (κ2) is 4.78. The number of hydrogen-bond acceptors (Lipinski definition) is 4. The number of amides is 1. The van der Waals surface area contributed by atoms with Gasteiger partial charge in [-0.3, -0.25) is 14.8 Å². The van der Waals surface area contributed by atoms with Crippen molar-refractivity contribution in [2.45, 2.75) is 6.42 Å². The highest BCUT2D eigenvalue weighted by Gasteiger charge is 2.08. The Bertz CT molecular complexity index is 737. The van der Waals surface area contributed by atoms with Crippen molar-refractivity contribution in [3.8, 4) is 0 Å². The minimum atomic E-state index is -0.392. The largest absolute Gasteiger partial charge is 0.365 e. The monoisotopic (exact) mass is 269 g/mol. The molecule has 0 saturated heterocycles. The Hall–Kier alpha value is -2.27. The van der Waals surface area contributed by atoms with Crippen molar-refractivity contribution in [3.63, 3.8) is 0 Å². The van der Waals surface area contributed by atoms with Crippen LogP contribution in [0.25, 0.3) is 10.1 Å². The van der Waals surface area contributed by atoms with Crippen molar-refractivity contribution < 1.29 is 4.79 Å². The van der Waals surface area contributed by atoms with E-state index in [4.69, 9.17) is 5.73 Å². The molecule has 3 aromatic rings. The maximum atomic E-state index is 11.2. The average Bonchev–Trinajstić information content (AvgIpc) is 2.83. The van der Waals surface area contributed by atoms with E-state index in [0.29, 0.717) is 4.88 Å². The summed E-state index contributed by atoms with van der Waals surface area (Å²) in [6.45, 7) is 0. The molecule has 1 amide bonds. The second-order valence-corrected chi connectivity index (χ2v) is 5.30. The van der Waals surface area contributed by atoms with E-state index in [9.17, 15) is 4.79 Å². The van der Waals surface area contributed by atoms with Crippen molar-refractivity contribution in [1.29, 1.82) is 0 Å². The van der Waals surface area contributed by atoms with Crippen LogP contribution in [0.15, 0.2) is 42.9 Å². The van der Waals surface area contributed by atoms with Crippen LogP contribution in [-0.4, -0.2) is 15.9 Å². The third-order valence-electron chi connectivity index (χ3n) is 2.84. The summed E-state index contributed by atoms with van der Waals surface area (Å²) in [5, 5.41) is 0.956. The Balaban J connectivity index is 1.95. The number of aromatic nitrogens is 2. The van der Waals surface area contributed by atoms with Crippen LogP contribution in [0.4, 0.5) is 0 Å². The lowest BCUT2D eigenvalue weighted by atomic mass is 10.1. The van der Waals surface area contributed by atoms with Crippen LogP contribution in [0.1, 0.15) is 20.9 Å². The summed E-state index contributed by atoms with van der Waals surface area (Å²) < 4.78 is 1.04. The van der Waals surface area contributed by atoms with Crippen LogP contribution >= 0.6 is 11.3 Å². The van der Waals surface area contributed by atoms with E-state index in [1.807, 2.05) is 18.2 Å². The highest BCUT2D eigenvalue weighted by atomic mass is 32.1. The number of carbonyl (C=O) groups is 1. The summed E-state index contributed by atoms with van der Waals surface area (Å²) in [7, 11) is 0. The second-order valence-electron chi connectivity index (χ2n) is 4.22. The first-order chi connectivity index (χ1) is 9.22. The van der Waals surface area contributed by atoms with E-state index in [1.165, 1.54) is 11.3 Å². The molecule has 0 unspecified atom stereocenters. The highest BCUT2D eigenvalue weighted by molar-refractivity contribution is 7.20. The maximum absolute atomic E-state index is 11.2. The third-order valence-corrected chi connectivity index (χ3v) is 3.95. The van der Waals surface area contributed by atoms with E-state index in [0.717, 1.165) is 27.8 Å². The molecule has 3 rings (SSSR count). The predicted molar refractivity (Wildman–Crippen MR) is 75.2 cm³/mol. The molecule has 3 heterocycles. The Morgan fingerprint density at radius 1 is 1.26 bits per heavy atom. The van der Waals surface area contributed by atoms with E-state index >= 15 is 0 Å². The topological polar surface area (TPSA) is 68.9 Å². The van der Waals surface area contributed by atoms with Crippen molar-refractivity contribution in [2.24, 2.45) is 5.73 Å². The number of pyridine rings is 2. The highest BCUT2D eigenvalue weighted by Crippen LogP contribution is 2.25. The van der Waals surface area contributed by atoms with Gasteiger partial charge in [-0.1, -0.05) is 0 Å². The minimum Gasteiger partial charge on any atom is -0.365 e. The Labute approximate surface area is 113 Å². The Kier molecular flexibility index (Phi) is 2.97. The molecule has 94 valence electrons. The van der Waals surface area contributed by atoms with Crippen LogP contribution in [0.5, 0.6) is 0 Å². The number of primary amides is 1. The number of rotatable bonds is 3. The van der Waals surface area contributed by atoms with Gasteiger partial charge in [0.25, 0.3) is 5.91 Å². The standard InChI is InChI=1S/C14H11N3OS/c15-14(18)13-6-10-8-17-11(7-12(10)19-13)5-9-1-3-16-4-2-9/h1-4,6-8H,5H2,(H2,15,18). The molecular formula is C14H11N3OS. The fraction of sp³-hybridized carbons (Fsp3) is 0.0714. The first kappa shape index (κ1) is 11.8. The van der Waals surface area contributed by atoms with E-state index in [2.05, 4.69) is 9.97 Å². The van der Waals surface area contributed by atoms with E-state index in [-0.39, 0.29) is 0 Å². The minimum absolute atomic E-state index is 0.392. The molecule has 0 fully saturated rings. The zero-order valence-corrected chi connectivity index (χ0v) is 10.9. The summed E-state index contributed by atoms with van der Waals surface area (Å²) in [6, 6.07) is 7.72. The maximum Gasteiger partial charge on any atom is 0.258 e. The molecule has 0 aliphatic rings. The lowest BCUT2D eigenvalue weighted by molar-refractivity contribution is 0.100. The SMILES string of the molecule is NC(=O)c1cc2cnc(Cc3ccncc3)cc2s1. The summed E-state index contributed by atoms with van der Waals surface area (Å²) in [6.07, 6.45) is 6.07. The molecule has 5 heteroatoms. The fourth-order valence-corrected chi connectivity index (χ4v) is 2.85. The Morgan fingerprint density at radius 2 is 2.05 bits per heavy atom. The zero-order chi connectivity index (χ0) is 13.2. The molecule has 2 N–H and O–H groups in total. The van der Waals surface area contributed by atoms with Gasteiger partial charge in [-0.25, -0.2) is 0 Å². The third kappa shape index (κ3) is 2.46. The molecule has 19 heavy (non-hydrogen) atoms. The number of thiophene rings is 1. The molecule has 0 aliphatic heterocycles. The normalized spacial score (nSPS) is 10.7. The predicted octanol–water partition coefficient (Wildman–Crippen LogP) is 2.38. The van der Waals surface area contributed by atoms with Gasteiger partial charge in [0.05, 0.1) is 4.88 Å². The number of nitrogens with zero attached hydrogens (tertiary/aromatic N) is 2. The first-order valence-corrected chi connectivity index (χ1v) is 6.61. The zero-order valence-electron chi connectivity index (χ0n) is 10.0. The summed E-state index contributed by atoms with van der Waals surface area (Å²) in [5.74, 6) is -0.392. The fourth-order valence-electron chi connectivity index (χ4n) is 1.90. The summed E-state index contributed by atoms with van der Waals surface area (Å²) in [5.41, 5.74) is 7.41. The number of carbonyl (C=O) groups excluding carboxylic acids is 1. The van der Waals surface area contributed by atoms with Crippen molar-refractivity contribution >= 4 is 27.3 Å². The molecule has 0 spiro atoms. The van der Waals surface area contributed by atoms with Gasteiger partial charge in [-0.15, -0.1) is 11.3 Å². The molecule has 0 aromatic carbocycles. The quantitative estimate of drug-likeness (QED) is 0.793. The molecule has 0 bridgehead atoms. The van der Waals surface area contributed by atoms with Crippen LogP contribution in [0, 0.1) is 0 Å². The van der Waals surface area contributed by atoms with E-state index < -0.39 is 5.91 Å². The number of nitrogens with two attached hydrogens (primary N) is 1. The average molecular weight is 269 g/mol. The number of fused-ring (bicyclic) bond motifs is 1. The van der Waals surface area contributed by atoms with Gasteiger partial charge in [0, 0.05) is 40.8 Å². The number of hydrogen-bond donors (Lipinski definition) is 1. The summed E-state index contributed by atoms with van der Waals surface area (Å²) >= 11 is 1.40. The molecule has 3 aromatic heterocycles. The van der Waals surface area contributed by atoms with Gasteiger partial charge >= 0.3 is 0 Å². The smallest absolute Gasteiger partial charge is 0.258 e. The molecule has 0 saturated carbocycles. The van der Waals surface area contributed by atoms with Gasteiger partial charge in [0.15, 0.2) is 0 Å². The van der Waals surface area contributed by atoms with Gasteiger partial charge in [-0.05, 0) is 29.8 Å². The Morgan fingerprint density at radius 3 is 2.79 bits per heavy atom. The first-order valence-electron chi connectivity index (χ1n) is 5.79. The van der Waals surface area contributed by atoms with Gasteiger partial charge in [-0.2, -0.15) is 0 Å². The van der Waals surface area contributed by atoms with Crippen molar-refractivity contribution in [2.75, 3.05) is 0 Å². The van der Waals surface area contributed by atoms with Gasteiger partial charge in [0.1, 0.15) is 0 Å². The van der Waals surface area contributed by atoms with Gasteiger partial charge < -0.3 is 5.73 Å². The molecule has 4 nitrogen and oxygen atoms in total. The molecule has 0 atom stereocenters. The molecular weight excluding hydrogens is 258 g/mol. The van der Waals surface area contributed by atoms with Crippen molar-refractivity contribution in [1.82, 2.24) is 9.97 Å². The van der Waals surface area contributed by atoms with Crippen molar-refractivity contribution in [3.05, 3.63) is 59.0 Å². The molecule has 0 radical (unpaired) electrons. The lowest BCUT2D eigenvalue weighted by Crippen LogP contribution is -2.07.